The average Bonchev–Trinajstić information content (AvgIpc) is 3.40. The highest BCUT2D eigenvalue weighted by molar-refractivity contribution is 5.97. The Balaban J connectivity index is 1.59. The number of hydrogen-bond donors (Lipinski definition) is 3. The van der Waals surface area contributed by atoms with Gasteiger partial charge in [-0.3, -0.25) is 9.59 Å². The first-order valence-electron chi connectivity index (χ1n) is 8.05. The fourth-order valence-electron chi connectivity index (χ4n) is 2.76. The number of benzene rings is 1. The van der Waals surface area contributed by atoms with Crippen molar-refractivity contribution in [1.82, 2.24) is 4.90 Å². The van der Waals surface area contributed by atoms with E-state index < -0.39 is 11.6 Å². The van der Waals surface area contributed by atoms with Crippen molar-refractivity contribution in [2.75, 3.05) is 18.4 Å². The van der Waals surface area contributed by atoms with Gasteiger partial charge in [0.1, 0.15) is 0 Å². The Kier molecular flexibility index (Phi) is 4.28. The van der Waals surface area contributed by atoms with Gasteiger partial charge in [-0.25, -0.2) is 4.79 Å². The van der Waals surface area contributed by atoms with Crippen molar-refractivity contribution in [2.45, 2.75) is 31.3 Å². The Morgan fingerprint density at radius 1 is 1.08 bits per heavy atom. The van der Waals surface area contributed by atoms with E-state index in [1.165, 1.54) is 4.90 Å². The molecule has 0 unspecified atom stereocenters. The molecule has 0 bridgehead atoms. The number of carbonyl (C=O) groups excluding carboxylic acids is 2. The molecule has 1 aliphatic carbocycles. The summed E-state index contributed by atoms with van der Waals surface area (Å²) in [4.78, 5) is 36.7. The van der Waals surface area contributed by atoms with E-state index in [0.29, 0.717) is 11.3 Å². The Morgan fingerprint density at radius 2 is 1.67 bits per heavy atom. The molecule has 2 amide bonds. The molecule has 24 heavy (non-hydrogen) atoms. The summed E-state index contributed by atoms with van der Waals surface area (Å²) >= 11 is 0. The molecule has 7 nitrogen and oxygen atoms in total. The van der Waals surface area contributed by atoms with Crippen LogP contribution in [0, 0.1) is 5.92 Å². The van der Waals surface area contributed by atoms with Gasteiger partial charge in [-0.15, -0.1) is 0 Å². The lowest BCUT2D eigenvalue weighted by Crippen LogP contribution is -2.50. The molecule has 1 saturated heterocycles. The molecule has 0 atom stereocenters. The van der Waals surface area contributed by atoms with Crippen LogP contribution in [-0.4, -0.2) is 51.6 Å². The number of likely N-dealkylation sites (tertiary alicyclic amines) is 1. The van der Waals surface area contributed by atoms with Crippen molar-refractivity contribution in [2.24, 2.45) is 5.92 Å². The second-order valence-corrected chi connectivity index (χ2v) is 6.47. The van der Waals surface area contributed by atoms with Crippen LogP contribution in [0.1, 0.15) is 36.0 Å². The number of nitrogens with zero attached hydrogens (tertiary/aromatic N) is 1. The minimum atomic E-state index is -1.74. The number of carbonyl (C=O) groups is 3. The number of carboxylic acid groups (broad SMARTS) is 1. The topological polar surface area (TPSA) is 107 Å². The highest BCUT2D eigenvalue weighted by Gasteiger charge is 2.40. The van der Waals surface area contributed by atoms with Crippen molar-refractivity contribution < 1.29 is 24.6 Å². The lowest BCUT2D eigenvalue weighted by Gasteiger charge is -2.35. The van der Waals surface area contributed by atoms with E-state index in [-0.39, 0.29) is 43.7 Å². The number of aliphatic hydroxyl groups is 1. The maximum atomic E-state index is 12.4. The SMILES string of the molecule is O=C(Nc1ccc(C(=O)N2CCC(O)(C(=O)O)CC2)cc1)C1CC1. The van der Waals surface area contributed by atoms with Crippen LogP contribution in [-0.2, 0) is 9.59 Å². The molecule has 3 rings (SSSR count). The summed E-state index contributed by atoms with van der Waals surface area (Å²) in [6.07, 6.45) is 1.90. The van der Waals surface area contributed by atoms with Crippen LogP contribution in [0.2, 0.25) is 0 Å². The van der Waals surface area contributed by atoms with Gasteiger partial charge >= 0.3 is 5.97 Å². The quantitative estimate of drug-likeness (QED) is 0.765. The molecule has 2 fully saturated rings. The fraction of sp³-hybridized carbons (Fsp3) is 0.471. The molecule has 1 aliphatic heterocycles. The monoisotopic (exact) mass is 332 g/mol. The zero-order valence-corrected chi connectivity index (χ0v) is 13.2. The first kappa shape index (κ1) is 16.4. The van der Waals surface area contributed by atoms with Crippen molar-refractivity contribution in [1.29, 1.82) is 0 Å². The number of carboxylic acids is 1. The number of aliphatic carboxylic acids is 1. The number of nitrogens with one attached hydrogen (secondary N) is 1. The van der Waals surface area contributed by atoms with E-state index in [1.807, 2.05) is 0 Å². The lowest BCUT2D eigenvalue weighted by atomic mass is 9.91. The van der Waals surface area contributed by atoms with E-state index >= 15 is 0 Å². The maximum absolute atomic E-state index is 12.4. The van der Waals surface area contributed by atoms with Gasteiger partial charge in [-0.2, -0.15) is 0 Å². The predicted molar refractivity (Wildman–Crippen MR) is 85.5 cm³/mol. The Hall–Kier alpha value is -2.41. The Labute approximate surface area is 139 Å². The third kappa shape index (κ3) is 3.41. The first-order chi connectivity index (χ1) is 11.4. The summed E-state index contributed by atoms with van der Waals surface area (Å²) in [5.41, 5.74) is -0.615. The number of amides is 2. The highest BCUT2D eigenvalue weighted by Crippen LogP contribution is 2.30. The fourth-order valence-corrected chi connectivity index (χ4v) is 2.76. The first-order valence-corrected chi connectivity index (χ1v) is 8.05. The number of piperidine rings is 1. The van der Waals surface area contributed by atoms with E-state index in [2.05, 4.69) is 5.32 Å². The second-order valence-electron chi connectivity index (χ2n) is 6.47. The van der Waals surface area contributed by atoms with Crippen molar-refractivity contribution in [3.8, 4) is 0 Å². The van der Waals surface area contributed by atoms with Gasteiger partial charge in [0.05, 0.1) is 0 Å². The molecule has 0 spiro atoms. The molecule has 0 aromatic heterocycles. The minimum Gasteiger partial charge on any atom is -0.479 e. The van der Waals surface area contributed by atoms with Gasteiger partial charge < -0.3 is 20.4 Å². The number of anilines is 1. The van der Waals surface area contributed by atoms with Crippen molar-refractivity contribution >= 4 is 23.5 Å². The molecular weight excluding hydrogens is 312 g/mol. The summed E-state index contributed by atoms with van der Waals surface area (Å²) in [6, 6.07) is 6.65. The van der Waals surface area contributed by atoms with E-state index in [4.69, 9.17) is 5.11 Å². The summed E-state index contributed by atoms with van der Waals surface area (Å²) in [5.74, 6) is -1.32. The van der Waals surface area contributed by atoms with Crippen LogP contribution in [0.25, 0.3) is 0 Å². The zero-order chi connectivity index (χ0) is 17.3. The van der Waals surface area contributed by atoms with E-state index in [9.17, 15) is 19.5 Å². The third-order valence-electron chi connectivity index (χ3n) is 4.62. The number of rotatable bonds is 4. The molecule has 3 N–H and O–H groups in total. The van der Waals surface area contributed by atoms with E-state index in [1.54, 1.807) is 24.3 Å². The Morgan fingerprint density at radius 3 is 2.17 bits per heavy atom. The molecule has 1 aromatic rings. The van der Waals surface area contributed by atoms with Gasteiger partial charge in [0, 0.05) is 43.1 Å². The normalized spacial score (nSPS) is 19.6. The molecule has 1 saturated carbocycles. The molecule has 1 aromatic carbocycles. The lowest BCUT2D eigenvalue weighted by molar-refractivity contribution is -0.162. The molecule has 128 valence electrons. The van der Waals surface area contributed by atoms with Crippen LogP contribution in [0.4, 0.5) is 5.69 Å². The van der Waals surface area contributed by atoms with Gasteiger partial charge in [-0.05, 0) is 37.1 Å². The molecular formula is C17H20N2O5. The van der Waals surface area contributed by atoms with Crippen molar-refractivity contribution in [3.05, 3.63) is 29.8 Å². The summed E-state index contributed by atoms with van der Waals surface area (Å²) in [6.45, 7) is 0.392. The molecule has 0 radical (unpaired) electrons. The standard InChI is InChI=1S/C17H20N2O5/c20-14(11-1-2-11)18-13-5-3-12(4-6-13)15(21)19-9-7-17(24,8-10-19)16(22)23/h3-6,11,24H,1-2,7-10H2,(H,18,20)(H,22,23). The zero-order valence-electron chi connectivity index (χ0n) is 13.2. The predicted octanol–water partition coefficient (Wildman–Crippen LogP) is 1.09. The van der Waals surface area contributed by atoms with Crippen LogP contribution in [0.15, 0.2) is 24.3 Å². The minimum absolute atomic E-state index is 0.0121. The highest BCUT2D eigenvalue weighted by atomic mass is 16.4. The average molecular weight is 332 g/mol. The molecule has 2 aliphatic rings. The molecule has 1 heterocycles. The maximum Gasteiger partial charge on any atom is 0.335 e. The van der Waals surface area contributed by atoms with Gasteiger partial charge in [0.2, 0.25) is 5.91 Å². The summed E-state index contributed by atoms with van der Waals surface area (Å²) in [7, 11) is 0. The van der Waals surface area contributed by atoms with Gasteiger partial charge in [0.15, 0.2) is 5.60 Å². The summed E-state index contributed by atoms with van der Waals surface area (Å²) in [5, 5.41) is 21.7. The smallest absolute Gasteiger partial charge is 0.335 e. The molecule has 7 heteroatoms. The summed E-state index contributed by atoms with van der Waals surface area (Å²) < 4.78 is 0. The number of hydrogen-bond acceptors (Lipinski definition) is 4. The van der Waals surface area contributed by atoms with Crippen LogP contribution in [0.3, 0.4) is 0 Å². The Bertz CT molecular complexity index is 658. The van der Waals surface area contributed by atoms with Gasteiger partial charge in [0.25, 0.3) is 5.91 Å². The van der Waals surface area contributed by atoms with Crippen LogP contribution in [0.5, 0.6) is 0 Å². The van der Waals surface area contributed by atoms with Crippen LogP contribution >= 0.6 is 0 Å². The third-order valence-corrected chi connectivity index (χ3v) is 4.62. The van der Waals surface area contributed by atoms with E-state index in [0.717, 1.165) is 12.8 Å². The second kappa shape index (κ2) is 6.24. The largest absolute Gasteiger partial charge is 0.479 e. The van der Waals surface area contributed by atoms with Gasteiger partial charge in [-0.1, -0.05) is 0 Å². The van der Waals surface area contributed by atoms with Crippen molar-refractivity contribution in [3.63, 3.8) is 0 Å². The van der Waals surface area contributed by atoms with Crippen LogP contribution < -0.4 is 5.32 Å².